The number of hydrogen-bond acceptors (Lipinski definition) is 3. The Morgan fingerprint density at radius 3 is 2.43 bits per heavy atom. The summed E-state index contributed by atoms with van der Waals surface area (Å²) in [7, 11) is 0. The zero-order valence-electron chi connectivity index (χ0n) is 13.5. The van der Waals surface area contributed by atoms with Crippen LogP contribution in [0.5, 0.6) is 11.5 Å². The highest BCUT2D eigenvalue weighted by atomic mass is 16.5. The minimum Gasteiger partial charge on any atom is -0.490 e. The maximum Gasteiger partial charge on any atom is 0.303 e. The molecule has 0 unspecified atom stereocenters. The molecule has 0 spiro atoms. The van der Waals surface area contributed by atoms with E-state index in [4.69, 9.17) is 14.6 Å². The third kappa shape index (κ3) is 5.33. The highest BCUT2D eigenvalue weighted by Crippen LogP contribution is 2.21. The minimum absolute atomic E-state index is 0.0966. The lowest BCUT2D eigenvalue weighted by molar-refractivity contribution is -0.136. The van der Waals surface area contributed by atoms with E-state index in [1.807, 2.05) is 50.2 Å². The summed E-state index contributed by atoms with van der Waals surface area (Å²) in [6, 6.07) is 13.6. The highest BCUT2D eigenvalue weighted by molar-refractivity contribution is 5.67. The van der Waals surface area contributed by atoms with E-state index in [0.717, 1.165) is 28.2 Å². The van der Waals surface area contributed by atoms with Gasteiger partial charge in [-0.1, -0.05) is 30.3 Å². The molecule has 0 aliphatic carbocycles. The van der Waals surface area contributed by atoms with Crippen molar-refractivity contribution in [1.29, 1.82) is 0 Å². The normalized spacial score (nSPS) is 10.3. The zero-order chi connectivity index (χ0) is 16.7. The van der Waals surface area contributed by atoms with E-state index < -0.39 is 5.97 Å². The number of aryl methyl sites for hydroxylation is 3. The summed E-state index contributed by atoms with van der Waals surface area (Å²) in [4.78, 5) is 10.7. The van der Waals surface area contributed by atoms with Crippen LogP contribution in [-0.4, -0.2) is 24.3 Å². The van der Waals surface area contributed by atoms with Crippen LogP contribution in [0, 0.1) is 13.8 Å². The van der Waals surface area contributed by atoms with Gasteiger partial charge in [-0.05, 0) is 49.1 Å². The summed E-state index contributed by atoms with van der Waals surface area (Å²) in [5.74, 6) is 0.782. The quantitative estimate of drug-likeness (QED) is 0.753. The molecule has 0 aliphatic rings. The number of para-hydroxylation sites is 1. The topological polar surface area (TPSA) is 55.8 Å². The Labute approximate surface area is 136 Å². The van der Waals surface area contributed by atoms with Gasteiger partial charge in [-0.15, -0.1) is 0 Å². The molecule has 0 saturated heterocycles. The molecular formula is C19H22O4. The van der Waals surface area contributed by atoms with Crippen molar-refractivity contribution in [2.75, 3.05) is 13.2 Å². The summed E-state index contributed by atoms with van der Waals surface area (Å²) in [6.07, 6.45) is 0.558. The maximum atomic E-state index is 10.7. The number of benzene rings is 2. The monoisotopic (exact) mass is 314 g/mol. The van der Waals surface area contributed by atoms with Crippen LogP contribution >= 0.6 is 0 Å². The van der Waals surface area contributed by atoms with Crippen LogP contribution in [-0.2, 0) is 11.2 Å². The van der Waals surface area contributed by atoms with E-state index in [9.17, 15) is 4.79 Å². The lowest BCUT2D eigenvalue weighted by Crippen LogP contribution is -2.11. The zero-order valence-corrected chi connectivity index (χ0v) is 13.5. The Morgan fingerprint density at radius 1 is 1.00 bits per heavy atom. The van der Waals surface area contributed by atoms with Crippen LogP contribution in [0.1, 0.15) is 23.1 Å². The molecule has 0 saturated carbocycles. The number of carboxylic acid groups (broad SMARTS) is 1. The van der Waals surface area contributed by atoms with Crippen molar-refractivity contribution in [3.8, 4) is 11.5 Å². The van der Waals surface area contributed by atoms with Crippen LogP contribution in [0.4, 0.5) is 0 Å². The number of rotatable bonds is 8. The molecule has 0 fully saturated rings. The number of ether oxygens (including phenoxy) is 2. The third-order valence-corrected chi connectivity index (χ3v) is 3.52. The highest BCUT2D eigenvalue weighted by Gasteiger charge is 2.06. The van der Waals surface area contributed by atoms with Gasteiger partial charge in [-0.3, -0.25) is 4.79 Å². The van der Waals surface area contributed by atoms with E-state index in [2.05, 4.69) is 6.07 Å². The van der Waals surface area contributed by atoms with Crippen LogP contribution in [0.15, 0.2) is 42.5 Å². The molecule has 23 heavy (non-hydrogen) atoms. The van der Waals surface area contributed by atoms with Crippen LogP contribution in [0.3, 0.4) is 0 Å². The van der Waals surface area contributed by atoms with E-state index in [1.54, 1.807) is 0 Å². The van der Waals surface area contributed by atoms with Gasteiger partial charge < -0.3 is 14.6 Å². The van der Waals surface area contributed by atoms with Crippen molar-refractivity contribution >= 4 is 5.97 Å². The van der Waals surface area contributed by atoms with Crippen molar-refractivity contribution in [3.05, 3.63) is 59.2 Å². The molecule has 0 heterocycles. The SMILES string of the molecule is Cc1ccc(C)c(OCCOc2ccccc2CCC(=O)O)c1. The van der Waals surface area contributed by atoms with Gasteiger partial charge in [-0.2, -0.15) is 0 Å². The fourth-order valence-corrected chi connectivity index (χ4v) is 2.26. The smallest absolute Gasteiger partial charge is 0.303 e. The molecule has 4 nitrogen and oxygen atoms in total. The van der Waals surface area contributed by atoms with E-state index >= 15 is 0 Å². The molecule has 1 N–H and O–H groups in total. The van der Waals surface area contributed by atoms with E-state index in [-0.39, 0.29) is 6.42 Å². The first-order valence-electron chi connectivity index (χ1n) is 7.69. The molecule has 2 rings (SSSR count). The fourth-order valence-electron chi connectivity index (χ4n) is 2.26. The number of carboxylic acids is 1. The molecule has 0 atom stereocenters. The molecular weight excluding hydrogens is 292 g/mol. The summed E-state index contributed by atoms with van der Waals surface area (Å²) >= 11 is 0. The Morgan fingerprint density at radius 2 is 1.70 bits per heavy atom. The molecule has 0 aliphatic heterocycles. The maximum absolute atomic E-state index is 10.7. The van der Waals surface area contributed by atoms with Gasteiger partial charge in [0, 0.05) is 6.42 Å². The van der Waals surface area contributed by atoms with Crippen LogP contribution in [0.2, 0.25) is 0 Å². The molecule has 122 valence electrons. The van der Waals surface area contributed by atoms with Gasteiger partial charge >= 0.3 is 5.97 Å². The molecule has 2 aromatic rings. The van der Waals surface area contributed by atoms with Gasteiger partial charge in [0.15, 0.2) is 0 Å². The number of aliphatic carboxylic acids is 1. The summed E-state index contributed by atoms with van der Waals surface area (Å²) in [5, 5.41) is 8.79. The average Bonchev–Trinajstić information content (AvgIpc) is 2.53. The van der Waals surface area contributed by atoms with Gasteiger partial charge in [0.05, 0.1) is 0 Å². The molecule has 2 aromatic carbocycles. The number of hydrogen-bond donors (Lipinski definition) is 1. The second-order valence-corrected chi connectivity index (χ2v) is 5.47. The van der Waals surface area contributed by atoms with Crippen molar-refractivity contribution in [2.24, 2.45) is 0 Å². The molecule has 4 heteroatoms. The molecule has 0 radical (unpaired) electrons. The average molecular weight is 314 g/mol. The predicted octanol–water partition coefficient (Wildman–Crippen LogP) is 3.78. The van der Waals surface area contributed by atoms with Crippen molar-refractivity contribution in [2.45, 2.75) is 26.7 Å². The first-order chi connectivity index (χ1) is 11.1. The second-order valence-electron chi connectivity index (χ2n) is 5.47. The van der Waals surface area contributed by atoms with E-state index in [1.165, 1.54) is 0 Å². The standard InChI is InChI=1S/C19H22O4/c1-14-7-8-15(2)18(13-14)23-12-11-22-17-6-4-3-5-16(17)9-10-19(20)21/h3-8,13H,9-12H2,1-2H3,(H,20,21). The fraction of sp³-hybridized carbons (Fsp3) is 0.316. The van der Waals surface area contributed by atoms with Gasteiger partial charge in [0.1, 0.15) is 24.7 Å². The predicted molar refractivity (Wildman–Crippen MR) is 89.3 cm³/mol. The molecule has 0 aromatic heterocycles. The Bertz CT molecular complexity index is 664. The lowest BCUT2D eigenvalue weighted by atomic mass is 10.1. The van der Waals surface area contributed by atoms with E-state index in [0.29, 0.717) is 19.6 Å². The van der Waals surface area contributed by atoms with Crippen LogP contribution < -0.4 is 9.47 Å². The Hall–Kier alpha value is -2.49. The van der Waals surface area contributed by atoms with Gasteiger partial charge in [-0.25, -0.2) is 0 Å². The largest absolute Gasteiger partial charge is 0.490 e. The first-order valence-corrected chi connectivity index (χ1v) is 7.69. The van der Waals surface area contributed by atoms with Crippen molar-refractivity contribution in [3.63, 3.8) is 0 Å². The summed E-state index contributed by atoms with van der Waals surface area (Å²) in [6.45, 7) is 4.90. The molecule has 0 bridgehead atoms. The van der Waals surface area contributed by atoms with Crippen molar-refractivity contribution < 1.29 is 19.4 Å². The minimum atomic E-state index is -0.807. The summed E-state index contributed by atoms with van der Waals surface area (Å²) < 4.78 is 11.5. The Balaban J connectivity index is 1.86. The lowest BCUT2D eigenvalue weighted by Gasteiger charge is -2.13. The Kier molecular flexibility index (Phi) is 6.03. The third-order valence-electron chi connectivity index (χ3n) is 3.52. The molecule has 0 amide bonds. The van der Waals surface area contributed by atoms with Gasteiger partial charge in [0.25, 0.3) is 0 Å². The second kappa shape index (κ2) is 8.22. The summed E-state index contributed by atoms with van der Waals surface area (Å²) in [5.41, 5.74) is 3.16. The first kappa shape index (κ1) is 16.9. The number of carbonyl (C=O) groups is 1. The van der Waals surface area contributed by atoms with Gasteiger partial charge in [0.2, 0.25) is 0 Å². The van der Waals surface area contributed by atoms with Crippen molar-refractivity contribution in [1.82, 2.24) is 0 Å². The van der Waals surface area contributed by atoms with Crippen LogP contribution in [0.25, 0.3) is 0 Å².